The third-order valence-electron chi connectivity index (χ3n) is 7.16. The number of benzene rings is 2. The summed E-state index contributed by atoms with van der Waals surface area (Å²) in [4.78, 5) is 24.1. The normalized spacial score (nSPS) is 13.9. The highest BCUT2D eigenvalue weighted by Gasteiger charge is 2.25. The molecule has 1 fully saturated rings. The van der Waals surface area contributed by atoms with E-state index in [0.717, 1.165) is 54.0 Å². The largest absolute Gasteiger partial charge is 0.473 e. The summed E-state index contributed by atoms with van der Waals surface area (Å²) in [6.07, 6.45) is 4.23. The van der Waals surface area contributed by atoms with Gasteiger partial charge in [-0.25, -0.2) is 4.98 Å². The van der Waals surface area contributed by atoms with E-state index in [1.54, 1.807) is 0 Å². The molecule has 0 N–H and O–H groups in total. The Bertz CT molecular complexity index is 1430. The predicted molar refractivity (Wildman–Crippen MR) is 164 cm³/mol. The molecule has 0 spiro atoms. The second kappa shape index (κ2) is 13.5. The molecule has 7 heteroatoms. The first-order chi connectivity index (χ1) is 20.3. The first-order valence-electron chi connectivity index (χ1n) is 14.6. The second-order valence-electron chi connectivity index (χ2n) is 11.7. The van der Waals surface area contributed by atoms with Gasteiger partial charge in [-0.05, 0) is 68.9 Å². The number of piperidine rings is 1. The van der Waals surface area contributed by atoms with Crippen molar-refractivity contribution in [2.24, 2.45) is 5.92 Å². The fourth-order valence-corrected chi connectivity index (χ4v) is 5.01. The summed E-state index contributed by atoms with van der Waals surface area (Å²) in [6.45, 7) is 8.27. The summed E-state index contributed by atoms with van der Waals surface area (Å²) in [7, 11) is 0. The number of nitrogens with zero attached hydrogens (tertiary/aromatic N) is 3. The van der Waals surface area contributed by atoms with Crippen molar-refractivity contribution in [3.8, 4) is 22.9 Å². The van der Waals surface area contributed by atoms with Crippen molar-refractivity contribution in [2.45, 2.75) is 58.8 Å². The molecule has 0 radical (unpaired) electrons. The zero-order valence-corrected chi connectivity index (χ0v) is 24.7. The van der Waals surface area contributed by atoms with Gasteiger partial charge in [0, 0.05) is 42.9 Å². The van der Waals surface area contributed by atoms with Gasteiger partial charge in [-0.3, -0.25) is 4.79 Å². The molecule has 0 bridgehead atoms. The zero-order valence-electron chi connectivity index (χ0n) is 24.7. The van der Waals surface area contributed by atoms with Gasteiger partial charge in [-0.15, -0.1) is 0 Å². The summed E-state index contributed by atoms with van der Waals surface area (Å²) in [5.41, 5.74) is 3.46. The molecule has 0 amide bonds. The summed E-state index contributed by atoms with van der Waals surface area (Å²) in [5, 5.41) is 0. The van der Waals surface area contributed by atoms with Crippen LogP contribution in [0.1, 0.15) is 51.2 Å². The van der Waals surface area contributed by atoms with Crippen molar-refractivity contribution >= 4 is 11.8 Å². The second-order valence-corrected chi connectivity index (χ2v) is 11.7. The lowest BCUT2D eigenvalue weighted by Crippen LogP contribution is -2.35. The third-order valence-corrected chi connectivity index (χ3v) is 7.16. The van der Waals surface area contributed by atoms with Crippen LogP contribution in [0.4, 0.5) is 5.82 Å². The Morgan fingerprint density at radius 1 is 0.833 bits per heavy atom. The molecule has 2 aromatic heterocycles. The SMILES string of the molecule is CC(C)(C)OC(=O)CC1CCN(c2ccc(-c3ccc(OCc4ccccc4)nc3OCc3ccccc3)cn2)CC1. The van der Waals surface area contributed by atoms with E-state index < -0.39 is 5.60 Å². The molecule has 42 heavy (non-hydrogen) atoms. The van der Waals surface area contributed by atoms with E-state index in [2.05, 4.69) is 11.0 Å². The average Bonchev–Trinajstić information content (AvgIpc) is 3.00. The summed E-state index contributed by atoms with van der Waals surface area (Å²) in [5.74, 6) is 2.16. The van der Waals surface area contributed by atoms with Crippen LogP contribution in [-0.4, -0.2) is 34.6 Å². The van der Waals surface area contributed by atoms with Crippen LogP contribution < -0.4 is 14.4 Å². The first-order valence-corrected chi connectivity index (χ1v) is 14.6. The number of esters is 1. The van der Waals surface area contributed by atoms with Gasteiger partial charge < -0.3 is 19.1 Å². The van der Waals surface area contributed by atoms with Crippen molar-refractivity contribution in [3.63, 3.8) is 0 Å². The molecule has 0 unspecified atom stereocenters. The minimum atomic E-state index is -0.444. The molecule has 1 saturated heterocycles. The summed E-state index contributed by atoms with van der Waals surface area (Å²) < 4.78 is 17.7. The highest BCUT2D eigenvalue weighted by molar-refractivity contribution is 5.70. The minimum absolute atomic E-state index is 0.112. The number of rotatable bonds is 10. The Morgan fingerprint density at radius 3 is 2.07 bits per heavy atom. The molecule has 0 saturated carbocycles. The van der Waals surface area contributed by atoms with Gasteiger partial charge in [-0.1, -0.05) is 60.7 Å². The highest BCUT2D eigenvalue weighted by atomic mass is 16.6. The maximum absolute atomic E-state index is 12.3. The summed E-state index contributed by atoms with van der Waals surface area (Å²) >= 11 is 0. The lowest BCUT2D eigenvalue weighted by atomic mass is 9.93. The molecule has 0 atom stereocenters. The zero-order chi connectivity index (χ0) is 29.4. The Hall–Kier alpha value is -4.39. The number of hydrogen-bond acceptors (Lipinski definition) is 7. The van der Waals surface area contributed by atoms with E-state index in [0.29, 0.717) is 37.3 Å². The summed E-state index contributed by atoms with van der Waals surface area (Å²) in [6, 6.07) is 28.0. The van der Waals surface area contributed by atoms with Gasteiger partial charge in [0.05, 0.1) is 0 Å². The van der Waals surface area contributed by atoms with Crippen molar-refractivity contribution in [1.82, 2.24) is 9.97 Å². The molecule has 2 aromatic carbocycles. The van der Waals surface area contributed by atoms with Crippen molar-refractivity contribution in [1.29, 1.82) is 0 Å². The number of ether oxygens (including phenoxy) is 3. The topological polar surface area (TPSA) is 73.8 Å². The number of hydrogen-bond donors (Lipinski definition) is 0. The lowest BCUT2D eigenvalue weighted by molar-refractivity contribution is -0.156. The predicted octanol–water partition coefficient (Wildman–Crippen LogP) is 7.25. The van der Waals surface area contributed by atoms with E-state index in [4.69, 9.17) is 24.2 Å². The smallest absolute Gasteiger partial charge is 0.306 e. The van der Waals surface area contributed by atoms with Crippen LogP contribution in [0.5, 0.6) is 11.8 Å². The maximum atomic E-state index is 12.3. The van der Waals surface area contributed by atoms with Crippen LogP contribution in [0.15, 0.2) is 91.1 Å². The quantitative estimate of drug-likeness (QED) is 0.188. The minimum Gasteiger partial charge on any atom is -0.473 e. The molecule has 3 heterocycles. The van der Waals surface area contributed by atoms with E-state index in [9.17, 15) is 4.79 Å². The van der Waals surface area contributed by atoms with Crippen LogP contribution in [0.25, 0.3) is 11.1 Å². The fourth-order valence-electron chi connectivity index (χ4n) is 5.01. The third kappa shape index (κ3) is 8.32. The van der Waals surface area contributed by atoms with Gasteiger partial charge >= 0.3 is 5.97 Å². The number of carbonyl (C=O) groups excluding carboxylic acids is 1. The Balaban J connectivity index is 1.26. The van der Waals surface area contributed by atoms with Gasteiger partial charge in [0.2, 0.25) is 11.8 Å². The number of carbonyl (C=O) groups is 1. The molecule has 7 nitrogen and oxygen atoms in total. The van der Waals surface area contributed by atoms with Gasteiger partial charge in [0.1, 0.15) is 24.6 Å². The highest BCUT2D eigenvalue weighted by Crippen LogP contribution is 2.33. The van der Waals surface area contributed by atoms with Gasteiger partial charge in [0.25, 0.3) is 0 Å². The standard InChI is InChI=1S/C35H39N3O4/c1-35(2,3)42-33(39)22-26-18-20-38(21-19-26)31-16-14-29(23-36-31)30-15-17-32(40-24-27-10-6-4-7-11-27)37-34(30)41-25-28-12-8-5-9-13-28/h4-17,23,26H,18-22,24-25H2,1-3H3. The molecular weight excluding hydrogens is 526 g/mol. The van der Waals surface area contributed by atoms with Crippen LogP contribution in [0.3, 0.4) is 0 Å². The lowest BCUT2D eigenvalue weighted by Gasteiger charge is -2.33. The Labute approximate surface area is 248 Å². The number of aromatic nitrogens is 2. The maximum Gasteiger partial charge on any atom is 0.306 e. The van der Waals surface area contributed by atoms with Gasteiger partial charge in [0.15, 0.2) is 0 Å². The number of pyridine rings is 2. The fraction of sp³-hybridized carbons (Fsp3) is 0.343. The molecule has 5 rings (SSSR count). The molecule has 1 aliphatic rings. The van der Waals surface area contributed by atoms with E-state index >= 15 is 0 Å². The average molecular weight is 566 g/mol. The van der Waals surface area contributed by atoms with Crippen LogP contribution in [-0.2, 0) is 22.7 Å². The van der Waals surface area contributed by atoms with E-state index in [1.807, 2.05) is 106 Å². The van der Waals surface area contributed by atoms with E-state index in [1.165, 1.54) is 0 Å². The van der Waals surface area contributed by atoms with Crippen LogP contribution in [0.2, 0.25) is 0 Å². The molecule has 1 aliphatic heterocycles. The molecule has 218 valence electrons. The molecule has 4 aromatic rings. The first kappa shape index (κ1) is 29.1. The Morgan fingerprint density at radius 2 is 1.48 bits per heavy atom. The Kier molecular flexibility index (Phi) is 9.37. The van der Waals surface area contributed by atoms with E-state index in [-0.39, 0.29) is 5.97 Å². The van der Waals surface area contributed by atoms with Crippen molar-refractivity contribution in [3.05, 3.63) is 102 Å². The van der Waals surface area contributed by atoms with Gasteiger partial charge in [-0.2, -0.15) is 4.98 Å². The number of anilines is 1. The van der Waals surface area contributed by atoms with Crippen LogP contribution in [0, 0.1) is 5.92 Å². The molecular formula is C35H39N3O4. The monoisotopic (exact) mass is 565 g/mol. The molecule has 0 aliphatic carbocycles. The van der Waals surface area contributed by atoms with Crippen molar-refractivity contribution < 1.29 is 19.0 Å². The van der Waals surface area contributed by atoms with Crippen molar-refractivity contribution in [2.75, 3.05) is 18.0 Å². The van der Waals surface area contributed by atoms with Crippen LogP contribution >= 0.6 is 0 Å².